The highest BCUT2D eigenvalue weighted by molar-refractivity contribution is 7.71. The van der Waals surface area contributed by atoms with E-state index in [-0.39, 0.29) is 12.5 Å². The Balaban J connectivity index is 1.82. The second kappa shape index (κ2) is 9.80. The number of ether oxygens (including phenoxy) is 1. The Labute approximate surface area is 181 Å². The van der Waals surface area contributed by atoms with E-state index in [1.54, 1.807) is 13.8 Å². The summed E-state index contributed by atoms with van der Waals surface area (Å²) in [5.41, 5.74) is 7.07. The van der Waals surface area contributed by atoms with E-state index in [4.69, 9.17) is 22.7 Å². The minimum Gasteiger partial charge on any atom is -0.374 e. The Morgan fingerprint density at radius 3 is 2.37 bits per heavy atom. The molecule has 30 heavy (non-hydrogen) atoms. The number of amides is 1. The SMILES string of the molecule is CC(C)(N)C(=O)N[C@H](COCc1ccccc1)c1n[nH]c(=S)n1Cc1ccccc1. The second-order valence-electron chi connectivity index (χ2n) is 7.71. The summed E-state index contributed by atoms with van der Waals surface area (Å²) in [7, 11) is 0. The van der Waals surface area contributed by atoms with Gasteiger partial charge < -0.3 is 15.8 Å². The highest BCUT2D eigenvalue weighted by atomic mass is 32.1. The molecule has 4 N–H and O–H groups in total. The molecule has 1 aromatic heterocycles. The lowest BCUT2D eigenvalue weighted by atomic mass is 10.1. The van der Waals surface area contributed by atoms with Crippen LogP contribution in [0.3, 0.4) is 0 Å². The second-order valence-corrected chi connectivity index (χ2v) is 8.09. The molecule has 1 amide bonds. The highest BCUT2D eigenvalue weighted by Gasteiger charge is 2.28. The number of aromatic nitrogens is 3. The highest BCUT2D eigenvalue weighted by Crippen LogP contribution is 2.16. The van der Waals surface area contributed by atoms with Crippen molar-refractivity contribution < 1.29 is 9.53 Å². The molecule has 0 unspecified atom stereocenters. The molecular formula is C22H27N5O2S. The lowest BCUT2D eigenvalue weighted by Gasteiger charge is -2.24. The smallest absolute Gasteiger partial charge is 0.240 e. The number of nitrogens with two attached hydrogens (primary N) is 1. The fourth-order valence-electron chi connectivity index (χ4n) is 2.91. The van der Waals surface area contributed by atoms with Gasteiger partial charge in [-0.15, -0.1) is 0 Å². The first-order valence-electron chi connectivity index (χ1n) is 9.75. The first kappa shape index (κ1) is 21.9. The Morgan fingerprint density at radius 1 is 1.17 bits per heavy atom. The van der Waals surface area contributed by atoms with Crippen LogP contribution in [-0.4, -0.2) is 32.8 Å². The summed E-state index contributed by atoms with van der Waals surface area (Å²) in [6.07, 6.45) is 0. The third-order valence-electron chi connectivity index (χ3n) is 4.57. The fraction of sp³-hybridized carbons (Fsp3) is 0.318. The van der Waals surface area contributed by atoms with Crippen LogP contribution in [0.25, 0.3) is 0 Å². The molecule has 3 aromatic rings. The van der Waals surface area contributed by atoms with Crippen molar-refractivity contribution in [3.8, 4) is 0 Å². The van der Waals surface area contributed by atoms with Crippen LogP contribution in [0, 0.1) is 4.77 Å². The zero-order chi connectivity index (χ0) is 21.6. The van der Waals surface area contributed by atoms with E-state index in [0.717, 1.165) is 11.1 Å². The number of benzene rings is 2. The minimum atomic E-state index is -1.03. The molecule has 8 heteroatoms. The molecule has 2 aromatic carbocycles. The van der Waals surface area contributed by atoms with Gasteiger partial charge in [0.1, 0.15) is 6.04 Å². The number of nitrogens with zero attached hydrogens (tertiary/aromatic N) is 2. The quantitative estimate of drug-likeness (QED) is 0.458. The van der Waals surface area contributed by atoms with Crippen molar-refractivity contribution in [2.24, 2.45) is 5.73 Å². The van der Waals surface area contributed by atoms with E-state index >= 15 is 0 Å². The first-order chi connectivity index (χ1) is 14.3. The van der Waals surface area contributed by atoms with E-state index in [9.17, 15) is 4.79 Å². The molecule has 0 bridgehead atoms. The van der Waals surface area contributed by atoms with Crippen molar-refractivity contribution in [1.82, 2.24) is 20.1 Å². The van der Waals surface area contributed by atoms with Crippen LogP contribution < -0.4 is 11.1 Å². The molecule has 1 heterocycles. The van der Waals surface area contributed by atoms with Gasteiger partial charge >= 0.3 is 0 Å². The third kappa shape index (κ3) is 5.85. The van der Waals surface area contributed by atoms with Crippen LogP contribution >= 0.6 is 12.2 Å². The number of carbonyl (C=O) groups excluding carboxylic acids is 1. The molecule has 0 fully saturated rings. The van der Waals surface area contributed by atoms with Crippen LogP contribution in [-0.2, 0) is 22.7 Å². The summed E-state index contributed by atoms with van der Waals surface area (Å²) >= 11 is 5.43. The van der Waals surface area contributed by atoms with Gasteiger partial charge in [0.15, 0.2) is 10.6 Å². The molecule has 0 radical (unpaired) electrons. The third-order valence-corrected chi connectivity index (χ3v) is 4.88. The molecule has 0 aliphatic carbocycles. The first-order valence-corrected chi connectivity index (χ1v) is 10.2. The van der Waals surface area contributed by atoms with Gasteiger partial charge in [-0.25, -0.2) is 0 Å². The number of hydrogen-bond donors (Lipinski definition) is 3. The molecule has 0 spiro atoms. The Hall–Kier alpha value is -2.81. The van der Waals surface area contributed by atoms with E-state index in [2.05, 4.69) is 15.5 Å². The van der Waals surface area contributed by atoms with Crippen molar-refractivity contribution in [2.75, 3.05) is 6.61 Å². The molecule has 3 rings (SSSR count). The van der Waals surface area contributed by atoms with E-state index in [0.29, 0.717) is 23.7 Å². The summed E-state index contributed by atoms with van der Waals surface area (Å²) in [6.45, 7) is 4.49. The summed E-state index contributed by atoms with van der Waals surface area (Å²) in [5, 5.41) is 10.2. The van der Waals surface area contributed by atoms with Crippen molar-refractivity contribution in [3.63, 3.8) is 0 Å². The van der Waals surface area contributed by atoms with Crippen molar-refractivity contribution in [3.05, 3.63) is 82.4 Å². The van der Waals surface area contributed by atoms with Gasteiger partial charge in [-0.1, -0.05) is 60.7 Å². The maximum Gasteiger partial charge on any atom is 0.240 e. The lowest BCUT2D eigenvalue weighted by Crippen LogP contribution is -2.51. The lowest BCUT2D eigenvalue weighted by molar-refractivity contribution is -0.126. The van der Waals surface area contributed by atoms with Gasteiger partial charge in [0, 0.05) is 0 Å². The number of carbonyl (C=O) groups is 1. The largest absolute Gasteiger partial charge is 0.374 e. The van der Waals surface area contributed by atoms with Crippen molar-refractivity contribution in [1.29, 1.82) is 0 Å². The summed E-state index contributed by atoms with van der Waals surface area (Å²) in [6, 6.07) is 19.3. The topological polar surface area (TPSA) is 98.0 Å². The Morgan fingerprint density at radius 2 is 1.77 bits per heavy atom. The van der Waals surface area contributed by atoms with Crippen molar-refractivity contribution >= 4 is 18.1 Å². The molecule has 1 atom stereocenters. The monoisotopic (exact) mass is 425 g/mol. The van der Waals surface area contributed by atoms with Gasteiger partial charge in [-0.05, 0) is 37.2 Å². The summed E-state index contributed by atoms with van der Waals surface area (Å²) < 4.78 is 8.25. The summed E-state index contributed by atoms with van der Waals surface area (Å²) in [5.74, 6) is 0.297. The molecule has 0 saturated carbocycles. The maximum atomic E-state index is 12.6. The Bertz CT molecular complexity index is 1010. The molecule has 7 nitrogen and oxygen atoms in total. The van der Waals surface area contributed by atoms with Gasteiger partial charge in [0.2, 0.25) is 5.91 Å². The average Bonchev–Trinajstić information content (AvgIpc) is 3.08. The number of H-pyrrole nitrogens is 1. The summed E-state index contributed by atoms with van der Waals surface area (Å²) in [4.78, 5) is 12.6. The maximum absolute atomic E-state index is 12.6. The van der Waals surface area contributed by atoms with Crippen LogP contribution in [0.15, 0.2) is 60.7 Å². The molecule has 0 aliphatic rings. The zero-order valence-electron chi connectivity index (χ0n) is 17.2. The van der Waals surface area contributed by atoms with Crippen LogP contribution in [0.1, 0.15) is 36.8 Å². The van der Waals surface area contributed by atoms with Gasteiger partial charge in [0.25, 0.3) is 0 Å². The fourth-order valence-corrected chi connectivity index (χ4v) is 3.11. The van der Waals surface area contributed by atoms with Crippen LogP contribution in [0.5, 0.6) is 0 Å². The van der Waals surface area contributed by atoms with E-state index < -0.39 is 11.6 Å². The predicted molar refractivity (Wildman–Crippen MR) is 118 cm³/mol. The number of aromatic amines is 1. The molecular weight excluding hydrogens is 398 g/mol. The minimum absolute atomic E-state index is 0.227. The molecule has 158 valence electrons. The van der Waals surface area contributed by atoms with E-state index in [1.165, 1.54) is 0 Å². The zero-order valence-corrected chi connectivity index (χ0v) is 18.0. The molecule has 0 saturated heterocycles. The average molecular weight is 426 g/mol. The van der Waals surface area contributed by atoms with Gasteiger partial charge in [-0.3, -0.25) is 14.5 Å². The van der Waals surface area contributed by atoms with Crippen molar-refractivity contribution in [2.45, 2.75) is 38.6 Å². The van der Waals surface area contributed by atoms with Crippen LogP contribution in [0.2, 0.25) is 0 Å². The standard InChI is InChI=1S/C22H27N5O2S/c1-22(2,23)20(28)24-18(15-29-14-17-11-7-4-8-12-17)19-25-26-21(30)27(19)13-16-9-5-3-6-10-16/h3-12,18H,13-15,23H2,1-2H3,(H,24,28)(H,26,30)/t18-/m1/s1. The number of nitrogens with one attached hydrogen (secondary N) is 2. The number of hydrogen-bond acceptors (Lipinski definition) is 5. The van der Waals surface area contributed by atoms with Gasteiger partial charge in [0.05, 0.1) is 25.3 Å². The number of rotatable bonds is 9. The van der Waals surface area contributed by atoms with Gasteiger partial charge in [-0.2, -0.15) is 5.10 Å². The Kier molecular flexibility index (Phi) is 7.15. The normalized spacial score (nSPS) is 12.5. The van der Waals surface area contributed by atoms with E-state index in [1.807, 2.05) is 65.2 Å². The molecule has 0 aliphatic heterocycles. The van der Waals surface area contributed by atoms with Crippen LogP contribution in [0.4, 0.5) is 0 Å². The predicted octanol–water partition coefficient (Wildman–Crippen LogP) is 3.10.